The lowest BCUT2D eigenvalue weighted by molar-refractivity contribution is -0.135. The maximum absolute atomic E-state index is 11.9. The van der Waals surface area contributed by atoms with Crippen LogP contribution in [0.1, 0.15) is 23.3 Å². The number of nitrogens with zero attached hydrogens (tertiary/aromatic N) is 1. The molecular weight excluding hydrogens is 338 g/mol. The average Bonchev–Trinajstić information content (AvgIpc) is 3.45. The molecular formula is C18H17N3O5. The van der Waals surface area contributed by atoms with Crippen LogP contribution >= 0.6 is 0 Å². The Bertz CT molecular complexity index is 877. The molecule has 1 aromatic heterocycles. The van der Waals surface area contributed by atoms with Crippen molar-refractivity contribution in [3.05, 3.63) is 42.2 Å². The number of rotatable bonds is 6. The van der Waals surface area contributed by atoms with Gasteiger partial charge in [-0.2, -0.15) is 0 Å². The number of benzene rings is 1. The van der Waals surface area contributed by atoms with E-state index in [1.54, 1.807) is 24.3 Å². The molecule has 8 nitrogen and oxygen atoms in total. The van der Waals surface area contributed by atoms with E-state index < -0.39 is 18.4 Å². The summed E-state index contributed by atoms with van der Waals surface area (Å²) in [5, 5.41) is 23.6. The third-order valence-corrected chi connectivity index (χ3v) is 3.89. The number of carboxylic acid groups (broad SMARTS) is 1. The summed E-state index contributed by atoms with van der Waals surface area (Å²) in [5.41, 5.74) is 1.65. The molecule has 0 atom stereocenters. The highest BCUT2D eigenvalue weighted by atomic mass is 16.4. The molecule has 3 rings (SSSR count). The molecule has 134 valence electrons. The van der Waals surface area contributed by atoms with E-state index in [9.17, 15) is 19.5 Å². The number of carbonyl (C=O) groups excluding carboxylic acids is 2. The van der Waals surface area contributed by atoms with Crippen LogP contribution in [0.3, 0.4) is 0 Å². The molecule has 0 bridgehead atoms. The van der Waals surface area contributed by atoms with Crippen LogP contribution in [0.25, 0.3) is 11.1 Å². The van der Waals surface area contributed by atoms with Gasteiger partial charge in [-0.1, -0.05) is 12.1 Å². The van der Waals surface area contributed by atoms with Crippen molar-refractivity contribution in [2.75, 3.05) is 11.9 Å². The SMILES string of the molecule is O=C(O)CNC(=O)c1ncc(-c2cccc(NC(=O)C3CC3)c2)cc1O. The molecule has 0 spiro atoms. The van der Waals surface area contributed by atoms with E-state index in [-0.39, 0.29) is 23.3 Å². The molecule has 0 saturated heterocycles. The normalized spacial score (nSPS) is 13.1. The molecule has 2 aromatic rings. The number of nitrogens with one attached hydrogen (secondary N) is 2. The Morgan fingerprint density at radius 1 is 1.15 bits per heavy atom. The van der Waals surface area contributed by atoms with Crippen molar-refractivity contribution in [2.45, 2.75) is 12.8 Å². The molecule has 1 aliphatic carbocycles. The lowest BCUT2D eigenvalue weighted by Crippen LogP contribution is -2.29. The Morgan fingerprint density at radius 2 is 1.92 bits per heavy atom. The first kappa shape index (κ1) is 17.4. The molecule has 1 aliphatic rings. The zero-order valence-electron chi connectivity index (χ0n) is 13.7. The minimum Gasteiger partial charge on any atom is -0.505 e. The van der Waals surface area contributed by atoms with Gasteiger partial charge in [-0.05, 0) is 36.6 Å². The van der Waals surface area contributed by atoms with Gasteiger partial charge >= 0.3 is 5.97 Å². The molecule has 26 heavy (non-hydrogen) atoms. The minimum atomic E-state index is -1.19. The fourth-order valence-corrected chi connectivity index (χ4v) is 2.39. The van der Waals surface area contributed by atoms with E-state index >= 15 is 0 Å². The number of carboxylic acids is 1. The lowest BCUT2D eigenvalue weighted by atomic mass is 10.1. The molecule has 1 fully saturated rings. The summed E-state index contributed by atoms with van der Waals surface area (Å²) in [4.78, 5) is 38.1. The number of hydrogen-bond acceptors (Lipinski definition) is 5. The quantitative estimate of drug-likeness (QED) is 0.623. The number of amides is 2. The van der Waals surface area contributed by atoms with Gasteiger partial charge in [0.2, 0.25) is 5.91 Å². The van der Waals surface area contributed by atoms with Crippen LogP contribution in [-0.4, -0.2) is 39.5 Å². The summed E-state index contributed by atoms with van der Waals surface area (Å²) in [6.45, 7) is -0.565. The number of anilines is 1. The summed E-state index contributed by atoms with van der Waals surface area (Å²) < 4.78 is 0. The van der Waals surface area contributed by atoms with Gasteiger partial charge in [0.1, 0.15) is 12.3 Å². The third kappa shape index (κ3) is 4.15. The van der Waals surface area contributed by atoms with Gasteiger partial charge in [-0.15, -0.1) is 0 Å². The fourth-order valence-electron chi connectivity index (χ4n) is 2.39. The maximum atomic E-state index is 11.9. The van der Waals surface area contributed by atoms with Crippen molar-refractivity contribution in [2.24, 2.45) is 5.92 Å². The molecule has 0 aliphatic heterocycles. The second-order valence-corrected chi connectivity index (χ2v) is 6.01. The van der Waals surface area contributed by atoms with E-state index in [1.165, 1.54) is 12.3 Å². The Kier molecular flexibility index (Phi) is 4.83. The van der Waals surface area contributed by atoms with E-state index in [0.717, 1.165) is 12.8 Å². The molecule has 2 amide bonds. The van der Waals surface area contributed by atoms with Crippen LogP contribution in [0, 0.1) is 5.92 Å². The van der Waals surface area contributed by atoms with Crippen LogP contribution in [-0.2, 0) is 9.59 Å². The van der Waals surface area contributed by atoms with Gasteiger partial charge in [0.05, 0.1) is 0 Å². The van der Waals surface area contributed by atoms with Gasteiger partial charge in [0.25, 0.3) is 5.91 Å². The Labute approximate surface area is 148 Å². The topological polar surface area (TPSA) is 129 Å². The zero-order valence-corrected chi connectivity index (χ0v) is 13.7. The number of aliphatic carboxylic acids is 1. The number of hydrogen-bond donors (Lipinski definition) is 4. The van der Waals surface area contributed by atoms with E-state index in [0.29, 0.717) is 16.8 Å². The van der Waals surface area contributed by atoms with E-state index in [4.69, 9.17) is 5.11 Å². The summed E-state index contributed by atoms with van der Waals surface area (Å²) in [5.74, 6) is -2.25. The second kappa shape index (κ2) is 7.22. The van der Waals surface area contributed by atoms with Gasteiger partial charge in [0, 0.05) is 23.4 Å². The van der Waals surface area contributed by atoms with E-state index in [1.807, 2.05) is 0 Å². The van der Waals surface area contributed by atoms with Gasteiger partial charge in [-0.3, -0.25) is 14.4 Å². The number of aromatic nitrogens is 1. The fraction of sp³-hybridized carbons (Fsp3) is 0.222. The molecule has 1 aromatic carbocycles. The largest absolute Gasteiger partial charge is 0.505 e. The Hall–Kier alpha value is -3.42. The first-order chi connectivity index (χ1) is 12.4. The smallest absolute Gasteiger partial charge is 0.322 e. The highest BCUT2D eigenvalue weighted by Crippen LogP contribution is 2.31. The van der Waals surface area contributed by atoms with Crippen LogP contribution in [0.2, 0.25) is 0 Å². The molecule has 4 N–H and O–H groups in total. The van der Waals surface area contributed by atoms with Gasteiger partial charge in [0.15, 0.2) is 5.69 Å². The van der Waals surface area contributed by atoms with Crippen molar-refractivity contribution < 1.29 is 24.6 Å². The van der Waals surface area contributed by atoms with Crippen LogP contribution < -0.4 is 10.6 Å². The van der Waals surface area contributed by atoms with Crippen LogP contribution in [0.15, 0.2) is 36.5 Å². The Balaban J connectivity index is 1.77. The average molecular weight is 355 g/mol. The molecule has 1 heterocycles. The number of aromatic hydroxyl groups is 1. The maximum Gasteiger partial charge on any atom is 0.322 e. The van der Waals surface area contributed by atoms with Crippen molar-refractivity contribution in [3.8, 4) is 16.9 Å². The standard InChI is InChI=1S/C18H17N3O5/c22-14-7-12(8-19-16(14)18(26)20-9-15(23)24)11-2-1-3-13(6-11)21-17(25)10-4-5-10/h1-3,6-8,10,22H,4-5,9H2,(H,20,26)(H,21,25)(H,23,24). The van der Waals surface area contributed by atoms with E-state index in [2.05, 4.69) is 15.6 Å². The summed E-state index contributed by atoms with van der Waals surface area (Å²) in [7, 11) is 0. The zero-order chi connectivity index (χ0) is 18.7. The summed E-state index contributed by atoms with van der Waals surface area (Å²) in [6, 6.07) is 8.44. The third-order valence-electron chi connectivity index (χ3n) is 3.89. The second-order valence-electron chi connectivity index (χ2n) is 6.01. The van der Waals surface area contributed by atoms with Gasteiger partial charge < -0.3 is 20.8 Å². The summed E-state index contributed by atoms with van der Waals surface area (Å²) in [6.07, 6.45) is 3.22. The highest BCUT2D eigenvalue weighted by molar-refractivity contribution is 5.97. The number of pyridine rings is 1. The minimum absolute atomic E-state index is 0.00595. The summed E-state index contributed by atoms with van der Waals surface area (Å²) >= 11 is 0. The molecule has 8 heteroatoms. The monoisotopic (exact) mass is 355 g/mol. The molecule has 0 radical (unpaired) electrons. The Morgan fingerprint density at radius 3 is 2.58 bits per heavy atom. The first-order valence-electron chi connectivity index (χ1n) is 8.04. The highest BCUT2D eigenvalue weighted by Gasteiger charge is 2.29. The lowest BCUT2D eigenvalue weighted by Gasteiger charge is -2.09. The predicted molar refractivity (Wildman–Crippen MR) is 92.7 cm³/mol. The van der Waals surface area contributed by atoms with Crippen LogP contribution in [0.4, 0.5) is 5.69 Å². The molecule has 0 unspecified atom stereocenters. The van der Waals surface area contributed by atoms with Crippen molar-refractivity contribution >= 4 is 23.5 Å². The molecule has 1 saturated carbocycles. The first-order valence-corrected chi connectivity index (χ1v) is 8.04. The van der Waals surface area contributed by atoms with Crippen molar-refractivity contribution in [3.63, 3.8) is 0 Å². The predicted octanol–water partition coefficient (Wildman–Crippen LogP) is 1.62. The van der Waals surface area contributed by atoms with Gasteiger partial charge in [-0.25, -0.2) is 4.98 Å². The van der Waals surface area contributed by atoms with Crippen molar-refractivity contribution in [1.82, 2.24) is 10.3 Å². The number of carbonyl (C=O) groups is 3. The van der Waals surface area contributed by atoms with Crippen LogP contribution in [0.5, 0.6) is 5.75 Å². The van der Waals surface area contributed by atoms with Crippen molar-refractivity contribution in [1.29, 1.82) is 0 Å².